The first kappa shape index (κ1) is 25.5. The second-order valence-corrected chi connectivity index (χ2v) is 10.2. The van der Waals surface area contributed by atoms with Gasteiger partial charge in [0.2, 0.25) is 5.91 Å². The Bertz CT molecular complexity index is 1170. The highest BCUT2D eigenvalue weighted by molar-refractivity contribution is 7.98. The topological polar surface area (TPSA) is 84.9 Å². The van der Waals surface area contributed by atoms with Gasteiger partial charge in [0, 0.05) is 24.1 Å². The van der Waals surface area contributed by atoms with Gasteiger partial charge in [-0.05, 0) is 29.8 Å². The van der Waals surface area contributed by atoms with E-state index in [-0.39, 0.29) is 22.9 Å². The number of hydrogen-bond donors (Lipinski definition) is 1. The van der Waals surface area contributed by atoms with Gasteiger partial charge in [-0.3, -0.25) is 9.10 Å². The highest BCUT2D eigenvalue weighted by Crippen LogP contribution is 2.35. The predicted octanol–water partition coefficient (Wildman–Crippen LogP) is 3.95. The standard InChI is InChI=1S/C25H28N2O5S2/c1-31-21-13-14-23(24(17-21)32-2)27(34(29,30)22-11-7-4-8-12-22)18-25(28)26-15-16-33-19-20-9-5-3-6-10-20/h3-14,17H,15-16,18-19H2,1-2H3,(H,26,28). The third kappa shape index (κ3) is 6.68. The van der Waals surface area contributed by atoms with Crippen LogP contribution in [0.25, 0.3) is 0 Å². The van der Waals surface area contributed by atoms with Gasteiger partial charge in [0.1, 0.15) is 18.0 Å². The van der Waals surface area contributed by atoms with Crippen LogP contribution in [0.5, 0.6) is 11.5 Å². The molecule has 0 radical (unpaired) electrons. The van der Waals surface area contributed by atoms with Crippen LogP contribution in [0.15, 0.2) is 83.8 Å². The van der Waals surface area contributed by atoms with E-state index in [2.05, 4.69) is 17.4 Å². The molecule has 9 heteroatoms. The maximum absolute atomic E-state index is 13.5. The fraction of sp³-hybridized carbons (Fsp3) is 0.240. The highest BCUT2D eigenvalue weighted by Gasteiger charge is 2.29. The first-order valence-electron chi connectivity index (χ1n) is 10.6. The van der Waals surface area contributed by atoms with E-state index >= 15 is 0 Å². The number of anilines is 1. The summed E-state index contributed by atoms with van der Waals surface area (Å²) < 4.78 is 38.7. The van der Waals surface area contributed by atoms with Crippen LogP contribution in [0.1, 0.15) is 5.56 Å². The van der Waals surface area contributed by atoms with Crippen molar-refractivity contribution in [2.24, 2.45) is 0 Å². The number of amides is 1. The minimum Gasteiger partial charge on any atom is -0.497 e. The van der Waals surface area contributed by atoms with Crippen molar-refractivity contribution in [2.75, 3.05) is 37.4 Å². The minimum absolute atomic E-state index is 0.0825. The number of nitrogens with one attached hydrogen (secondary N) is 1. The number of rotatable bonds is 12. The van der Waals surface area contributed by atoms with Gasteiger partial charge in [0.25, 0.3) is 10.0 Å². The van der Waals surface area contributed by atoms with Gasteiger partial charge < -0.3 is 14.8 Å². The number of nitrogens with zero attached hydrogens (tertiary/aromatic N) is 1. The van der Waals surface area contributed by atoms with Gasteiger partial charge in [-0.1, -0.05) is 48.5 Å². The minimum atomic E-state index is -4.03. The summed E-state index contributed by atoms with van der Waals surface area (Å²) in [4.78, 5) is 12.9. The Labute approximate surface area is 205 Å². The van der Waals surface area contributed by atoms with Crippen LogP contribution in [-0.4, -0.2) is 47.4 Å². The molecule has 0 saturated heterocycles. The van der Waals surface area contributed by atoms with Crippen LogP contribution in [0.3, 0.4) is 0 Å². The van der Waals surface area contributed by atoms with E-state index in [9.17, 15) is 13.2 Å². The maximum Gasteiger partial charge on any atom is 0.264 e. The number of benzene rings is 3. The van der Waals surface area contributed by atoms with Gasteiger partial charge in [0.05, 0.1) is 24.8 Å². The van der Waals surface area contributed by atoms with Crippen LogP contribution in [0.2, 0.25) is 0 Å². The number of sulfonamides is 1. The molecule has 0 aromatic heterocycles. The van der Waals surface area contributed by atoms with Crippen LogP contribution in [0.4, 0.5) is 5.69 Å². The lowest BCUT2D eigenvalue weighted by Crippen LogP contribution is -2.41. The van der Waals surface area contributed by atoms with Crippen molar-refractivity contribution < 1.29 is 22.7 Å². The van der Waals surface area contributed by atoms with Crippen molar-refractivity contribution in [1.82, 2.24) is 5.32 Å². The molecule has 0 fully saturated rings. The zero-order valence-electron chi connectivity index (χ0n) is 19.1. The Morgan fingerprint density at radius 3 is 2.26 bits per heavy atom. The molecule has 3 aromatic carbocycles. The lowest BCUT2D eigenvalue weighted by Gasteiger charge is -2.26. The van der Waals surface area contributed by atoms with Crippen molar-refractivity contribution in [3.8, 4) is 11.5 Å². The van der Waals surface area contributed by atoms with E-state index in [0.29, 0.717) is 18.0 Å². The van der Waals surface area contributed by atoms with Gasteiger partial charge in [-0.25, -0.2) is 8.42 Å². The quantitative estimate of drug-likeness (QED) is 0.379. The van der Waals surface area contributed by atoms with E-state index in [1.807, 2.05) is 18.2 Å². The van der Waals surface area contributed by atoms with Crippen molar-refractivity contribution in [3.05, 3.63) is 84.4 Å². The Morgan fingerprint density at radius 1 is 0.941 bits per heavy atom. The number of thioether (sulfide) groups is 1. The van der Waals surface area contributed by atoms with Crippen molar-refractivity contribution in [3.63, 3.8) is 0 Å². The normalized spacial score (nSPS) is 11.0. The smallest absolute Gasteiger partial charge is 0.264 e. The number of ether oxygens (including phenoxy) is 2. The van der Waals surface area contributed by atoms with Crippen LogP contribution < -0.4 is 19.1 Å². The zero-order chi connectivity index (χ0) is 24.4. The summed E-state index contributed by atoms with van der Waals surface area (Å²) in [5.74, 6) is 1.94. The summed E-state index contributed by atoms with van der Waals surface area (Å²) in [6.45, 7) is 0.0403. The van der Waals surface area contributed by atoms with Gasteiger partial charge in [-0.15, -0.1) is 0 Å². The molecule has 180 valence electrons. The SMILES string of the molecule is COc1ccc(N(CC(=O)NCCSCc2ccccc2)S(=O)(=O)c2ccccc2)c(OC)c1. The average molecular weight is 501 g/mol. The number of methoxy groups -OCH3 is 2. The molecule has 0 bridgehead atoms. The molecule has 0 unspecified atom stereocenters. The van der Waals surface area contributed by atoms with Gasteiger partial charge in [0.15, 0.2) is 0 Å². The Balaban J connectivity index is 1.73. The zero-order valence-corrected chi connectivity index (χ0v) is 20.8. The lowest BCUT2D eigenvalue weighted by molar-refractivity contribution is -0.119. The van der Waals surface area contributed by atoms with Crippen LogP contribution >= 0.6 is 11.8 Å². The number of carbonyl (C=O) groups excluding carboxylic acids is 1. The molecule has 7 nitrogen and oxygen atoms in total. The summed E-state index contributed by atoms with van der Waals surface area (Å²) in [5, 5.41) is 2.82. The number of hydrogen-bond acceptors (Lipinski definition) is 6. The molecule has 0 saturated carbocycles. The molecule has 0 aliphatic carbocycles. The third-order valence-electron chi connectivity index (χ3n) is 4.95. The van der Waals surface area contributed by atoms with Crippen LogP contribution in [-0.2, 0) is 20.6 Å². The monoisotopic (exact) mass is 500 g/mol. The molecule has 3 rings (SSSR count). The van der Waals surface area contributed by atoms with Gasteiger partial charge >= 0.3 is 0 Å². The summed E-state index contributed by atoms with van der Waals surface area (Å²) >= 11 is 1.70. The summed E-state index contributed by atoms with van der Waals surface area (Å²) in [6, 6.07) is 22.9. The second kappa shape index (κ2) is 12.3. The summed E-state index contributed by atoms with van der Waals surface area (Å²) in [7, 11) is -1.08. The maximum atomic E-state index is 13.5. The number of carbonyl (C=O) groups is 1. The van der Waals surface area contributed by atoms with Gasteiger partial charge in [-0.2, -0.15) is 11.8 Å². The molecule has 1 N–H and O–H groups in total. The molecule has 3 aromatic rings. The fourth-order valence-corrected chi connectivity index (χ4v) is 5.49. The fourth-order valence-electron chi connectivity index (χ4n) is 3.22. The summed E-state index contributed by atoms with van der Waals surface area (Å²) in [6.07, 6.45) is 0. The first-order valence-corrected chi connectivity index (χ1v) is 13.2. The average Bonchev–Trinajstić information content (AvgIpc) is 2.87. The summed E-state index contributed by atoms with van der Waals surface area (Å²) in [5.41, 5.74) is 1.46. The van der Waals surface area contributed by atoms with E-state index in [0.717, 1.165) is 10.1 Å². The van der Waals surface area contributed by atoms with E-state index < -0.39 is 15.9 Å². The lowest BCUT2D eigenvalue weighted by atomic mass is 10.2. The molecular formula is C25H28N2O5S2. The molecule has 0 spiro atoms. The predicted molar refractivity (Wildman–Crippen MR) is 136 cm³/mol. The van der Waals surface area contributed by atoms with Crippen LogP contribution in [0, 0.1) is 0 Å². The molecule has 1 amide bonds. The second-order valence-electron chi connectivity index (χ2n) is 7.25. The Hall–Kier alpha value is -3.17. The van der Waals surface area contributed by atoms with E-state index in [1.54, 1.807) is 48.2 Å². The first-order chi connectivity index (χ1) is 16.5. The largest absolute Gasteiger partial charge is 0.497 e. The molecule has 0 aliphatic heterocycles. The highest BCUT2D eigenvalue weighted by atomic mass is 32.2. The third-order valence-corrected chi connectivity index (χ3v) is 7.76. The Kier molecular flexibility index (Phi) is 9.24. The molecule has 34 heavy (non-hydrogen) atoms. The van der Waals surface area contributed by atoms with Crippen molar-refractivity contribution in [1.29, 1.82) is 0 Å². The molecule has 0 aliphatic rings. The molecule has 0 atom stereocenters. The van der Waals surface area contributed by atoms with E-state index in [4.69, 9.17) is 9.47 Å². The molecule has 0 heterocycles. The molecular weight excluding hydrogens is 472 g/mol. The Morgan fingerprint density at radius 2 is 1.62 bits per heavy atom. The van der Waals surface area contributed by atoms with E-state index in [1.165, 1.54) is 31.9 Å². The van der Waals surface area contributed by atoms with Crippen molar-refractivity contribution in [2.45, 2.75) is 10.6 Å². The van der Waals surface area contributed by atoms with Crippen molar-refractivity contribution >= 4 is 33.4 Å².